The summed E-state index contributed by atoms with van der Waals surface area (Å²) >= 11 is 6.29. The predicted octanol–water partition coefficient (Wildman–Crippen LogP) is 4.77. The summed E-state index contributed by atoms with van der Waals surface area (Å²) in [5.74, 6) is -1.43. The quantitative estimate of drug-likeness (QED) is 0.501. The molecule has 0 saturated heterocycles. The van der Waals surface area contributed by atoms with Crippen molar-refractivity contribution >= 4 is 52.3 Å². The number of amides is 4. The maximum Gasteiger partial charge on any atom is 0.279 e. The normalized spacial score (nSPS) is 16.5. The molecule has 4 rings (SSSR count). The van der Waals surface area contributed by atoms with E-state index in [0.29, 0.717) is 22.6 Å². The molecule has 0 atom stereocenters. The fourth-order valence-corrected chi connectivity index (χ4v) is 4.59. The lowest BCUT2D eigenvalue weighted by atomic mass is 9.94. The molecule has 1 fully saturated rings. The Bertz CT molecular complexity index is 1220. The van der Waals surface area contributed by atoms with Gasteiger partial charge in [0.05, 0.1) is 0 Å². The van der Waals surface area contributed by atoms with Crippen LogP contribution in [0.2, 0.25) is 0 Å². The summed E-state index contributed by atoms with van der Waals surface area (Å²) in [5, 5.41) is 8.35. The highest BCUT2D eigenvalue weighted by molar-refractivity contribution is 6.48. The third kappa shape index (κ3) is 5.38. The van der Waals surface area contributed by atoms with Crippen molar-refractivity contribution in [3.05, 3.63) is 64.3 Å². The molecular formula is C26H27ClN4O4. The molecule has 0 spiro atoms. The van der Waals surface area contributed by atoms with Gasteiger partial charge in [0.25, 0.3) is 17.7 Å². The highest BCUT2D eigenvalue weighted by Gasteiger charge is 2.42. The van der Waals surface area contributed by atoms with E-state index in [0.717, 1.165) is 37.7 Å². The van der Waals surface area contributed by atoms with Gasteiger partial charge in [-0.05, 0) is 61.7 Å². The molecule has 0 aromatic heterocycles. The molecule has 1 heterocycles. The Balaban J connectivity index is 1.49. The molecule has 2 aromatic carbocycles. The molecule has 1 aliphatic carbocycles. The number of nitrogens with one attached hydrogen (secondary N) is 3. The second-order valence-corrected chi connectivity index (χ2v) is 9.21. The predicted molar refractivity (Wildman–Crippen MR) is 135 cm³/mol. The molecule has 4 amide bonds. The van der Waals surface area contributed by atoms with Gasteiger partial charge in [-0.15, -0.1) is 0 Å². The fourth-order valence-electron chi connectivity index (χ4n) is 4.37. The molecule has 3 N–H and O–H groups in total. The van der Waals surface area contributed by atoms with Crippen LogP contribution < -0.4 is 16.0 Å². The van der Waals surface area contributed by atoms with Crippen LogP contribution in [0.1, 0.15) is 54.9 Å². The Kier molecular flexibility index (Phi) is 7.21. The van der Waals surface area contributed by atoms with Crippen LogP contribution in [-0.2, 0) is 14.4 Å². The Morgan fingerprint density at radius 2 is 1.54 bits per heavy atom. The van der Waals surface area contributed by atoms with E-state index in [1.165, 1.54) is 11.8 Å². The number of hydrogen-bond acceptors (Lipinski definition) is 5. The fraction of sp³-hybridized carbons (Fsp3) is 0.308. The lowest BCUT2D eigenvalue weighted by Gasteiger charge is -2.29. The van der Waals surface area contributed by atoms with E-state index in [1.54, 1.807) is 42.5 Å². The van der Waals surface area contributed by atoms with Crippen molar-refractivity contribution in [2.45, 2.75) is 52.0 Å². The van der Waals surface area contributed by atoms with Crippen LogP contribution >= 0.6 is 11.6 Å². The summed E-state index contributed by atoms with van der Waals surface area (Å²) in [7, 11) is 0. The lowest BCUT2D eigenvalue weighted by molar-refractivity contribution is -0.140. The third-order valence-corrected chi connectivity index (χ3v) is 6.57. The topological polar surface area (TPSA) is 108 Å². The van der Waals surface area contributed by atoms with Crippen molar-refractivity contribution in [1.29, 1.82) is 0 Å². The van der Waals surface area contributed by atoms with E-state index >= 15 is 0 Å². The lowest BCUT2D eigenvalue weighted by Crippen LogP contribution is -2.42. The highest BCUT2D eigenvalue weighted by atomic mass is 35.5. The zero-order chi connectivity index (χ0) is 25.1. The first kappa shape index (κ1) is 24.5. The maximum absolute atomic E-state index is 13.1. The van der Waals surface area contributed by atoms with Gasteiger partial charge in [-0.1, -0.05) is 36.9 Å². The van der Waals surface area contributed by atoms with Crippen LogP contribution in [0.4, 0.5) is 17.1 Å². The van der Waals surface area contributed by atoms with E-state index in [9.17, 15) is 19.2 Å². The Hall–Kier alpha value is -3.65. The molecule has 2 aromatic rings. The number of carbonyl (C=O) groups is 4. The van der Waals surface area contributed by atoms with Gasteiger partial charge in [0.1, 0.15) is 10.7 Å². The molecule has 35 heavy (non-hydrogen) atoms. The first-order chi connectivity index (χ1) is 16.7. The van der Waals surface area contributed by atoms with E-state index in [-0.39, 0.29) is 28.6 Å². The second-order valence-electron chi connectivity index (χ2n) is 8.83. The van der Waals surface area contributed by atoms with E-state index < -0.39 is 11.8 Å². The number of carbonyl (C=O) groups excluding carboxylic acids is 4. The second kappa shape index (κ2) is 10.3. The van der Waals surface area contributed by atoms with E-state index in [2.05, 4.69) is 16.0 Å². The van der Waals surface area contributed by atoms with Crippen LogP contribution in [0.25, 0.3) is 0 Å². The molecule has 182 valence electrons. The minimum atomic E-state index is -0.472. The molecule has 0 unspecified atom stereocenters. The monoisotopic (exact) mass is 494 g/mol. The number of benzene rings is 2. The zero-order valence-corrected chi connectivity index (χ0v) is 20.4. The van der Waals surface area contributed by atoms with E-state index in [4.69, 9.17) is 11.6 Å². The number of halogens is 1. The summed E-state index contributed by atoms with van der Waals surface area (Å²) in [4.78, 5) is 51.1. The summed E-state index contributed by atoms with van der Waals surface area (Å²) < 4.78 is 0. The highest BCUT2D eigenvalue weighted by Crippen LogP contribution is 2.33. The summed E-state index contributed by atoms with van der Waals surface area (Å²) in [6.45, 7) is 3.25. The maximum atomic E-state index is 13.1. The molecule has 1 saturated carbocycles. The van der Waals surface area contributed by atoms with Crippen molar-refractivity contribution in [1.82, 2.24) is 4.90 Å². The SMILES string of the molecule is CC(=O)Nc1ccc(NC(=O)c2ccc(C)c(NC3=C(Cl)C(=O)N(C4CCCCC4)C3=O)c2)cc1. The number of nitrogens with zero attached hydrogens (tertiary/aromatic N) is 1. The van der Waals surface area contributed by atoms with Crippen LogP contribution in [0.5, 0.6) is 0 Å². The van der Waals surface area contributed by atoms with Gasteiger partial charge in [-0.2, -0.15) is 0 Å². The molecule has 0 bridgehead atoms. The van der Waals surface area contributed by atoms with Crippen molar-refractivity contribution in [3.63, 3.8) is 0 Å². The molecule has 0 radical (unpaired) electrons. The van der Waals surface area contributed by atoms with Gasteiger partial charge in [0.2, 0.25) is 5.91 Å². The summed E-state index contributed by atoms with van der Waals surface area (Å²) in [5.41, 5.74) is 2.89. The van der Waals surface area contributed by atoms with Crippen LogP contribution in [0.15, 0.2) is 53.2 Å². The standard InChI is InChI=1S/C26H27ClN4O4/c1-15-8-9-17(24(33)29-19-12-10-18(11-13-19)28-16(2)32)14-21(15)30-23-22(27)25(34)31(26(23)35)20-6-4-3-5-7-20/h8-14,20,30H,3-7H2,1-2H3,(H,28,32)(H,29,33). The minimum absolute atomic E-state index is 0.0384. The van der Waals surface area contributed by atoms with Crippen molar-refractivity contribution in [2.75, 3.05) is 16.0 Å². The average Bonchev–Trinajstić information content (AvgIpc) is 3.04. The first-order valence-corrected chi connectivity index (χ1v) is 12.0. The van der Waals surface area contributed by atoms with Gasteiger partial charge >= 0.3 is 0 Å². The van der Waals surface area contributed by atoms with Gasteiger partial charge in [0.15, 0.2) is 0 Å². The van der Waals surface area contributed by atoms with Crippen LogP contribution in [0.3, 0.4) is 0 Å². The van der Waals surface area contributed by atoms with Crippen molar-refractivity contribution in [3.8, 4) is 0 Å². The number of anilines is 3. The van der Waals surface area contributed by atoms with Gasteiger partial charge in [0, 0.05) is 35.6 Å². The van der Waals surface area contributed by atoms with E-state index in [1.807, 2.05) is 6.92 Å². The Labute approximate surface area is 208 Å². The largest absolute Gasteiger partial charge is 0.349 e. The Morgan fingerprint density at radius 1 is 0.914 bits per heavy atom. The number of imide groups is 1. The van der Waals surface area contributed by atoms with Gasteiger partial charge < -0.3 is 16.0 Å². The molecule has 1 aliphatic heterocycles. The van der Waals surface area contributed by atoms with Crippen molar-refractivity contribution < 1.29 is 19.2 Å². The van der Waals surface area contributed by atoms with Crippen LogP contribution in [0, 0.1) is 6.92 Å². The molecule has 9 heteroatoms. The number of rotatable bonds is 6. The summed E-state index contributed by atoms with van der Waals surface area (Å²) in [6, 6.07) is 11.7. The number of aryl methyl sites for hydroxylation is 1. The van der Waals surface area contributed by atoms with Crippen LogP contribution in [-0.4, -0.2) is 34.6 Å². The Morgan fingerprint density at radius 3 is 2.17 bits per heavy atom. The molecule has 2 aliphatic rings. The molecule has 8 nitrogen and oxygen atoms in total. The number of hydrogen-bond donors (Lipinski definition) is 3. The third-order valence-electron chi connectivity index (χ3n) is 6.22. The van der Waals surface area contributed by atoms with Gasteiger partial charge in [-0.25, -0.2) is 0 Å². The zero-order valence-electron chi connectivity index (χ0n) is 19.6. The molecular weight excluding hydrogens is 468 g/mol. The minimum Gasteiger partial charge on any atom is -0.349 e. The van der Waals surface area contributed by atoms with Crippen molar-refractivity contribution in [2.24, 2.45) is 0 Å². The summed E-state index contributed by atoms with van der Waals surface area (Å²) in [6.07, 6.45) is 4.64. The smallest absolute Gasteiger partial charge is 0.279 e. The average molecular weight is 495 g/mol. The first-order valence-electron chi connectivity index (χ1n) is 11.6. The van der Waals surface area contributed by atoms with Gasteiger partial charge in [-0.3, -0.25) is 24.1 Å².